The summed E-state index contributed by atoms with van der Waals surface area (Å²) in [5.41, 5.74) is 0.214. The Bertz CT molecular complexity index is 357. The molecule has 1 aromatic heterocycles. The second-order valence-corrected chi connectivity index (χ2v) is 3.83. The zero-order valence-electron chi connectivity index (χ0n) is 9.82. The maximum Gasteiger partial charge on any atom is 0.357 e. The molecule has 0 bridgehead atoms. The summed E-state index contributed by atoms with van der Waals surface area (Å²) in [6.45, 7) is 3.43. The summed E-state index contributed by atoms with van der Waals surface area (Å²) in [4.78, 5) is 15.3. The van der Waals surface area contributed by atoms with Crippen LogP contribution in [-0.4, -0.2) is 30.8 Å². The van der Waals surface area contributed by atoms with Gasteiger partial charge in [-0.15, -0.1) is 0 Å². The molecule has 0 fully saturated rings. The third-order valence-corrected chi connectivity index (χ3v) is 2.24. The molecule has 0 spiro atoms. The van der Waals surface area contributed by atoms with Crippen molar-refractivity contribution in [2.24, 2.45) is 0 Å². The number of unbranched alkanes of at least 4 members (excludes halogenated alkanes) is 1. The van der Waals surface area contributed by atoms with Crippen molar-refractivity contribution in [3.8, 4) is 0 Å². The van der Waals surface area contributed by atoms with Crippen molar-refractivity contribution in [1.82, 2.24) is 4.98 Å². The molecular formula is C12H16ClNO3. The maximum atomic E-state index is 11.5. The van der Waals surface area contributed by atoms with Crippen molar-refractivity contribution in [2.75, 3.05) is 19.8 Å². The summed E-state index contributed by atoms with van der Waals surface area (Å²) in [7, 11) is 0. The Kier molecular flexibility index (Phi) is 6.58. The average molecular weight is 258 g/mol. The fourth-order valence-corrected chi connectivity index (χ4v) is 1.30. The van der Waals surface area contributed by atoms with Gasteiger partial charge in [-0.25, -0.2) is 9.78 Å². The number of hydrogen-bond donors (Lipinski definition) is 0. The number of pyridine rings is 1. The smallest absolute Gasteiger partial charge is 0.357 e. The molecule has 0 N–H and O–H groups in total. The van der Waals surface area contributed by atoms with Gasteiger partial charge in [-0.2, -0.15) is 0 Å². The first-order valence-corrected chi connectivity index (χ1v) is 5.99. The van der Waals surface area contributed by atoms with Gasteiger partial charge in [-0.3, -0.25) is 0 Å². The van der Waals surface area contributed by atoms with Gasteiger partial charge in [0.2, 0.25) is 0 Å². The van der Waals surface area contributed by atoms with Gasteiger partial charge in [0.1, 0.15) is 17.5 Å². The summed E-state index contributed by atoms with van der Waals surface area (Å²) in [6, 6.07) is 4.82. The van der Waals surface area contributed by atoms with Crippen molar-refractivity contribution in [3.63, 3.8) is 0 Å². The number of carbonyl (C=O) groups is 1. The number of carbonyl (C=O) groups excluding carboxylic acids is 1. The molecule has 0 radical (unpaired) electrons. The van der Waals surface area contributed by atoms with Crippen LogP contribution in [-0.2, 0) is 9.47 Å². The molecule has 17 heavy (non-hydrogen) atoms. The van der Waals surface area contributed by atoms with E-state index in [4.69, 9.17) is 21.1 Å². The van der Waals surface area contributed by atoms with Crippen LogP contribution in [0.5, 0.6) is 0 Å². The van der Waals surface area contributed by atoms with E-state index in [1.807, 2.05) is 0 Å². The van der Waals surface area contributed by atoms with Gasteiger partial charge in [0, 0.05) is 6.61 Å². The normalized spacial score (nSPS) is 10.2. The largest absolute Gasteiger partial charge is 0.459 e. The molecule has 0 saturated heterocycles. The molecule has 1 rings (SSSR count). The number of esters is 1. The molecule has 4 nitrogen and oxygen atoms in total. The topological polar surface area (TPSA) is 48.4 Å². The summed E-state index contributed by atoms with van der Waals surface area (Å²) >= 11 is 5.66. The van der Waals surface area contributed by atoms with E-state index in [9.17, 15) is 4.79 Å². The first-order chi connectivity index (χ1) is 8.24. The number of nitrogens with zero attached hydrogens (tertiary/aromatic N) is 1. The van der Waals surface area contributed by atoms with E-state index in [-0.39, 0.29) is 17.5 Å². The maximum absolute atomic E-state index is 11.5. The van der Waals surface area contributed by atoms with Crippen LogP contribution in [0.3, 0.4) is 0 Å². The fraction of sp³-hybridized carbons (Fsp3) is 0.500. The van der Waals surface area contributed by atoms with E-state index in [0.717, 1.165) is 12.8 Å². The lowest BCUT2D eigenvalue weighted by atomic mass is 10.3. The Labute approximate surface area is 106 Å². The summed E-state index contributed by atoms with van der Waals surface area (Å²) in [6.07, 6.45) is 2.11. The first-order valence-electron chi connectivity index (χ1n) is 5.61. The molecule has 0 saturated carbocycles. The molecule has 0 aromatic carbocycles. The second kappa shape index (κ2) is 8.03. The van der Waals surface area contributed by atoms with Gasteiger partial charge in [0.05, 0.1) is 6.61 Å². The molecule has 94 valence electrons. The van der Waals surface area contributed by atoms with Gasteiger partial charge < -0.3 is 9.47 Å². The van der Waals surface area contributed by atoms with Gasteiger partial charge >= 0.3 is 5.97 Å². The highest BCUT2D eigenvalue weighted by atomic mass is 35.5. The lowest BCUT2D eigenvalue weighted by Crippen LogP contribution is -2.12. The molecule has 0 aliphatic carbocycles. The molecule has 0 amide bonds. The molecule has 0 unspecified atom stereocenters. The SMILES string of the molecule is CCCCOCCOC(=O)c1cccc(Cl)n1. The Morgan fingerprint density at radius 3 is 2.88 bits per heavy atom. The van der Waals surface area contributed by atoms with Crippen LogP contribution in [0, 0.1) is 0 Å². The molecule has 1 aromatic rings. The van der Waals surface area contributed by atoms with Crippen LogP contribution >= 0.6 is 11.6 Å². The van der Waals surface area contributed by atoms with E-state index >= 15 is 0 Å². The first kappa shape index (κ1) is 13.9. The number of rotatable bonds is 7. The predicted octanol–water partition coefficient (Wildman–Crippen LogP) is 2.71. The number of ether oxygens (including phenoxy) is 2. The lowest BCUT2D eigenvalue weighted by Gasteiger charge is -2.05. The zero-order valence-corrected chi connectivity index (χ0v) is 10.6. The second-order valence-electron chi connectivity index (χ2n) is 3.45. The van der Waals surface area contributed by atoms with Crippen LogP contribution in [0.25, 0.3) is 0 Å². The number of halogens is 1. The molecule has 0 aliphatic rings. The van der Waals surface area contributed by atoms with E-state index in [0.29, 0.717) is 13.2 Å². The minimum absolute atomic E-state index is 0.214. The zero-order chi connectivity index (χ0) is 12.5. The van der Waals surface area contributed by atoms with Crippen LogP contribution < -0.4 is 0 Å². The van der Waals surface area contributed by atoms with Crippen LogP contribution in [0.2, 0.25) is 5.15 Å². The highest BCUT2D eigenvalue weighted by Crippen LogP contribution is 2.06. The van der Waals surface area contributed by atoms with E-state index in [1.165, 1.54) is 0 Å². The van der Waals surface area contributed by atoms with Crippen molar-refractivity contribution in [1.29, 1.82) is 0 Å². The summed E-state index contributed by atoms with van der Waals surface area (Å²) in [5, 5.41) is 0.277. The van der Waals surface area contributed by atoms with Crippen molar-refractivity contribution < 1.29 is 14.3 Å². The average Bonchev–Trinajstić information content (AvgIpc) is 2.33. The van der Waals surface area contributed by atoms with E-state index in [1.54, 1.807) is 18.2 Å². The Balaban J connectivity index is 2.21. The van der Waals surface area contributed by atoms with E-state index < -0.39 is 5.97 Å². The summed E-state index contributed by atoms with van der Waals surface area (Å²) < 4.78 is 10.2. The molecule has 0 aliphatic heterocycles. The van der Waals surface area contributed by atoms with E-state index in [2.05, 4.69) is 11.9 Å². The third-order valence-electron chi connectivity index (χ3n) is 2.03. The standard InChI is InChI=1S/C12H16ClNO3/c1-2-3-7-16-8-9-17-12(15)10-5-4-6-11(13)14-10/h4-6H,2-3,7-9H2,1H3. The Morgan fingerprint density at radius 2 is 2.18 bits per heavy atom. The lowest BCUT2D eigenvalue weighted by molar-refractivity contribution is 0.0308. The minimum atomic E-state index is -0.480. The van der Waals surface area contributed by atoms with Gasteiger partial charge in [0.15, 0.2) is 0 Å². The quantitative estimate of drug-likeness (QED) is 0.428. The predicted molar refractivity (Wildman–Crippen MR) is 65.3 cm³/mol. The third kappa shape index (κ3) is 5.65. The summed E-state index contributed by atoms with van der Waals surface area (Å²) in [5.74, 6) is -0.480. The minimum Gasteiger partial charge on any atom is -0.459 e. The van der Waals surface area contributed by atoms with Crippen molar-refractivity contribution in [3.05, 3.63) is 29.0 Å². The fourth-order valence-electron chi connectivity index (χ4n) is 1.14. The van der Waals surface area contributed by atoms with Gasteiger partial charge in [-0.05, 0) is 18.6 Å². The molecular weight excluding hydrogens is 242 g/mol. The van der Waals surface area contributed by atoms with Crippen LogP contribution in [0.1, 0.15) is 30.3 Å². The number of hydrogen-bond acceptors (Lipinski definition) is 4. The van der Waals surface area contributed by atoms with Gasteiger partial charge in [-0.1, -0.05) is 31.0 Å². The monoisotopic (exact) mass is 257 g/mol. The van der Waals surface area contributed by atoms with Crippen molar-refractivity contribution >= 4 is 17.6 Å². The van der Waals surface area contributed by atoms with Gasteiger partial charge in [0.25, 0.3) is 0 Å². The molecule has 5 heteroatoms. The Hall–Kier alpha value is -1.13. The van der Waals surface area contributed by atoms with Crippen LogP contribution in [0.4, 0.5) is 0 Å². The Morgan fingerprint density at radius 1 is 1.35 bits per heavy atom. The number of aromatic nitrogens is 1. The molecule has 0 atom stereocenters. The van der Waals surface area contributed by atoms with Crippen LogP contribution in [0.15, 0.2) is 18.2 Å². The van der Waals surface area contributed by atoms with Crippen molar-refractivity contribution in [2.45, 2.75) is 19.8 Å². The highest BCUT2D eigenvalue weighted by molar-refractivity contribution is 6.29. The highest BCUT2D eigenvalue weighted by Gasteiger charge is 2.08. The molecule has 1 heterocycles.